The molecule has 48 heavy (non-hydrogen) atoms. The van der Waals surface area contributed by atoms with Crippen LogP contribution in [0.1, 0.15) is 194 Å². The van der Waals surface area contributed by atoms with Crippen LogP contribution in [0, 0.1) is 11.8 Å². The lowest BCUT2D eigenvalue weighted by atomic mass is 9.91. The van der Waals surface area contributed by atoms with Gasteiger partial charge >= 0.3 is 0 Å². The van der Waals surface area contributed by atoms with Crippen LogP contribution in [0.4, 0.5) is 0 Å². The van der Waals surface area contributed by atoms with E-state index in [1.165, 1.54) is 154 Å². The van der Waals surface area contributed by atoms with Gasteiger partial charge in [-0.05, 0) is 103 Å². The number of allylic oxidation sites excluding steroid dienone is 8. The summed E-state index contributed by atoms with van der Waals surface area (Å²) in [5.41, 5.74) is 0. The lowest BCUT2D eigenvalue weighted by Gasteiger charge is -2.30. The van der Waals surface area contributed by atoms with E-state index in [0.29, 0.717) is 30.1 Å². The number of unbranched alkanes of at least 4 members (excludes halogenated alkanes) is 18. The molecule has 0 aromatic heterocycles. The molecule has 0 amide bonds. The Labute approximate surface area is 299 Å². The first-order valence-electron chi connectivity index (χ1n) is 21.4. The molecule has 1 N–H and O–H groups in total. The summed E-state index contributed by atoms with van der Waals surface area (Å²) < 4.78 is 14.0. The quantitative estimate of drug-likeness (QED) is 0.0590. The predicted molar refractivity (Wildman–Crippen MR) is 209 cm³/mol. The Kier molecular flexibility index (Phi) is 22.9. The van der Waals surface area contributed by atoms with Crippen LogP contribution < -0.4 is 5.32 Å². The number of hydrogen-bond donors (Lipinski definition) is 1. The largest absolute Gasteiger partial charge is 0.344 e. The third-order valence-electron chi connectivity index (χ3n) is 11.4. The highest BCUT2D eigenvalue weighted by Gasteiger charge is 2.61. The van der Waals surface area contributed by atoms with Crippen molar-refractivity contribution >= 4 is 0 Å². The van der Waals surface area contributed by atoms with Gasteiger partial charge in [0.2, 0.25) is 0 Å². The molecule has 0 radical (unpaired) electrons. The summed E-state index contributed by atoms with van der Waals surface area (Å²) in [7, 11) is 2.14. The van der Waals surface area contributed by atoms with Crippen LogP contribution in [-0.2, 0) is 9.47 Å². The third-order valence-corrected chi connectivity index (χ3v) is 11.4. The first-order chi connectivity index (χ1) is 23.7. The van der Waals surface area contributed by atoms with Gasteiger partial charge < -0.3 is 14.8 Å². The van der Waals surface area contributed by atoms with Gasteiger partial charge in [-0.1, -0.05) is 140 Å². The fourth-order valence-corrected chi connectivity index (χ4v) is 8.55. The topological polar surface area (TPSA) is 30.5 Å². The molecule has 0 spiro atoms. The van der Waals surface area contributed by atoms with Gasteiger partial charge in [-0.25, -0.2) is 0 Å². The van der Waals surface area contributed by atoms with E-state index >= 15 is 0 Å². The van der Waals surface area contributed by atoms with Gasteiger partial charge in [-0.15, -0.1) is 0 Å². The minimum atomic E-state index is -0.306. The van der Waals surface area contributed by atoms with Crippen molar-refractivity contribution in [3.8, 4) is 0 Å². The maximum atomic E-state index is 7.00. The summed E-state index contributed by atoms with van der Waals surface area (Å²) in [5.74, 6) is 1.05. The molecule has 1 heterocycles. The number of hydrogen-bond acceptors (Lipinski definition) is 3. The Morgan fingerprint density at radius 3 is 1.38 bits per heavy atom. The van der Waals surface area contributed by atoms with Crippen molar-refractivity contribution in [2.24, 2.45) is 11.8 Å². The summed E-state index contributed by atoms with van der Waals surface area (Å²) in [6.45, 7) is 4.55. The van der Waals surface area contributed by atoms with Crippen molar-refractivity contribution in [3.63, 3.8) is 0 Å². The number of fused-ring (bicyclic) bond motifs is 5. The molecule has 276 valence electrons. The lowest BCUT2D eigenvalue weighted by Crippen LogP contribution is -2.43. The summed E-state index contributed by atoms with van der Waals surface area (Å²) in [6.07, 6.45) is 55.5. The molecular weight excluding hydrogens is 587 g/mol. The molecule has 3 nitrogen and oxygen atoms in total. The van der Waals surface area contributed by atoms with Gasteiger partial charge in [0.25, 0.3) is 0 Å². The lowest BCUT2D eigenvalue weighted by molar-refractivity contribution is -0.196. The van der Waals surface area contributed by atoms with E-state index in [9.17, 15) is 0 Å². The minimum absolute atomic E-state index is 0.306. The SMILES string of the molecule is CCCCC/C=C\C/C=C\CCCCCCCCC1(CCCCCCCC/C=C\C/C=C\CCCCC)O[C@@H]2C3CC(C[C@H]3NC)[C@@H]2O1. The van der Waals surface area contributed by atoms with Crippen LogP contribution in [0.5, 0.6) is 0 Å². The fourth-order valence-electron chi connectivity index (χ4n) is 8.55. The van der Waals surface area contributed by atoms with Crippen molar-refractivity contribution in [2.45, 2.75) is 218 Å². The molecule has 2 saturated carbocycles. The Hall–Kier alpha value is -1.16. The molecule has 0 aromatic carbocycles. The van der Waals surface area contributed by atoms with Crippen LogP contribution in [0.15, 0.2) is 48.6 Å². The maximum Gasteiger partial charge on any atom is 0.169 e. The standard InChI is InChI=1S/C45H79NO2/c1-4-6-8-10-12-14-16-18-20-22-24-26-28-30-32-34-36-45(47-43-40-38-41(44(43)48-45)42(39-40)46-3)37-35-33-31-29-27-25-23-21-19-17-15-13-11-9-7-5-2/h12-15,18-21,40-44,46H,4-11,16-17,22-39H2,1-3H3/b14-12-,15-13-,20-18-,21-19-/t40?,41?,42-,43+,44-/m1/s1. The van der Waals surface area contributed by atoms with Gasteiger partial charge in [-0.2, -0.15) is 0 Å². The van der Waals surface area contributed by atoms with Gasteiger partial charge in [0.05, 0.1) is 12.2 Å². The van der Waals surface area contributed by atoms with Crippen molar-refractivity contribution in [1.29, 1.82) is 0 Å². The van der Waals surface area contributed by atoms with Gasteiger partial charge in [0, 0.05) is 24.8 Å². The highest BCUT2D eigenvalue weighted by Crippen LogP contribution is 2.55. The molecule has 2 unspecified atom stereocenters. The molecule has 5 atom stereocenters. The van der Waals surface area contributed by atoms with Crippen LogP contribution in [0.25, 0.3) is 0 Å². The molecule has 3 heteroatoms. The summed E-state index contributed by atoms with van der Waals surface area (Å²) in [6, 6.07) is 0.624. The molecule has 3 aliphatic rings. The molecule has 3 fully saturated rings. The normalized spacial score (nSPS) is 24.9. The van der Waals surface area contributed by atoms with E-state index in [2.05, 4.69) is 74.8 Å². The molecule has 3 rings (SSSR count). The zero-order chi connectivity index (χ0) is 34.0. The zero-order valence-corrected chi connectivity index (χ0v) is 32.1. The second kappa shape index (κ2) is 26.6. The highest BCUT2D eigenvalue weighted by molar-refractivity contribution is 5.09. The first kappa shape index (κ1) is 41.3. The van der Waals surface area contributed by atoms with Crippen molar-refractivity contribution < 1.29 is 9.47 Å². The Morgan fingerprint density at radius 2 is 0.917 bits per heavy atom. The second-order valence-electron chi connectivity index (χ2n) is 15.5. The number of rotatable bonds is 31. The maximum absolute atomic E-state index is 7.00. The van der Waals surface area contributed by atoms with Crippen LogP contribution in [0.2, 0.25) is 0 Å². The Morgan fingerprint density at radius 1 is 0.500 bits per heavy atom. The summed E-state index contributed by atoms with van der Waals surface area (Å²) in [4.78, 5) is 0. The zero-order valence-electron chi connectivity index (χ0n) is 32.1. The van der Waals surface area contributed by atoms with Crippen molar-refractivity contribution in [1.82, 2.24) is 5.32 Å². The summed E-state index contributed by atoms with van der Waals surface area (Å²) in [5, 5.41) is 3.59. The molecule has 1 aliphatic heterocycles. The average molecular weight is 666 g/mol. The van der Waals surface area contributed by atoms with Gasteiger partial charge in [0.1, 0.15) is 0 Å². The Bertz CT molecular complexity index is 839. The Balaban J connectivity index is 1.25. The third kappa shape index (κ3) is 16.2. The smallest absolute Gasteiger partial charge is 0.169 e. The second-order valence-corrected chi connectivity index (χ2v) is 15.5. The molecule has 1 saturated heterocycles. The van der Waals surface area contributed by atoms with E-state index in [-0.39, 0.29) is 5.79 Å². The monoisotopic (exact) mass is 666 g/mol. The van der Waals surface area contributed by atoms with Crippen LogP contribution in [0.3, 0.4) is 0 Å². The minimum Gasteiger partial charge on any atom is -0.344 e. The fraction of sp³-hybridized carbons (Fsp3) is 0.822. The van der Waals surface area contributed by atoms with Crippen molar-refractivity contribution in [3.05, 3.63) is 48.6 Å². The van der Waals surface area contributed by atoms with Crippen molar-refractivity contribution in [2.75, 3.05) is 7.05 Å². The van der Waals surface area contributed by atoms with Crippen LogP contribution >= 0.6 is 0 Å². The van der Waals surface area contributed by atoms with E-state index in [1.54, 1.807) is 0 Å². The van der Waals surface area contributed by atoms with Gasteiger partial charge in [-0.3, -0.25) is 0 Å². The van der Waals surface area contributed by atoms with E-state index < -0.39 is 0 Å². The number of ether oxygens (including phenoxy) is 2. The van der Waals surface area contributed by atoms with Crippen LogP contribution in [-0.4, -0.2) is 31.1 Å². The van der Waals surface area contributed by atoms with Gasteiger partial charge in [0.15, 0.2) is 5.79 Å². The molecular formula is C45H79NO2. The average Bonchev–Trinajstić information content (AvgIpc) is 3.79. The van der Waals surface area contributed by atoms with E-state index in [0.717, 1.165) is 25.7 Å². The number of nitrogens with one attached hydrogen (secondary N) is 1. The predicted octanol–water partition coefficient (Wildman–Crippen LogP) is 13.5. The van der Waals surface area contributed by atoms with E-state index in [1.807, 2.05) is 0 Å². The summed E-state index contributed by atoms with van der Waals surface area (Å²) >= 11 is 0. The highest BCUT2D eigenvalue weighted by atomic mass is 16.8. The molecule has 2 aliphatic carbocycles. The molecule has 0 aromatic rings. The first-order valence-corrected chi connectivity index (χ1v) is 21.4. The van der Waals surface area contributed by atoms with E-state index in [4.69, 9.17) is 9.47 Å². The molecule has 2 bridgehead atoms.